The maximum Gasteiger partial charge on any atom is 0.267 e. The van der Waals surface area contributed by atoms with Crippen LogP contribution in [0.4, 0.5) is 9.52 Å². The summed E-state index contributed by atoms with van der Waals surface area (Å²) in [5, 5.41) is 20.1. The van der Waals surface area contributed by atoms with Crippen molar-refractivity contribution in [2.75, 3.05) is 5.32 Å². The second kappa shape index (κ2) is 10.8. The lowest BCUT2D eigenvalue weighted by Gasteiger charge is -2.14. The summed E-state index contributed by atoms with van der Waals surface area (Å²) in [6, 6.07) is 16.7. The fourth-order valence-electron chi connectivity index (χ4n) is 4.12. The zero-order valence-electron chi connectivity index (χ0n) is 20.6. The average Bonchev–Trinajstić information content (AvgIpc) is 3.42. The predicted molar refractivity (Wildman–Crippen MR) is 150 cm³/mol. The number of fused-ring (bicyclic) bond motifs is 2. The molecule has 0 aliphatic rings. The maximum atomic E-state index is 13.9. The highest BCUT2D eigenvalue weighted by Gasteiger charge is 2.19. The van der Waals surface area contributed by atoms with Crippen molar-refractivity contribution >= 4 is 50.8 Å². The van der Waals surface area contributed by atoms with Crippen molar-refractivity contribution in [1.82, 2.24) is 29.1 Å². The number of nitrogens with one attached hydrogen (secondary N) is 2. The Balaban J connectivity index is 1.35. The largest absolute Gasteiger partial charge is 0.306 e. The third-order valence-electron chi connectivity index (χ3n) is 6.09. The Morgan fingerprint density at radius 2 is 1.88 bits per heavy atom. The number of benzene rings is 1. The van der Waals surface area contributed by atoms with Crippen LogP contribution < -0.4 is 16.4 Å². The van der Waals surface area contributed by atoms with Crippen molar-refractivity contribution in [3.8, 4) is 0 Å². The molecule has 40 heavy (non-hydrogen) atoms. The average molecular weight is 571 g/mol. The number of halogens is 1. The molecular weight excluding hydrogens is 551 g/mol. The fourth-order valence-corrected chi connectivity index (χ4v) is 5.86. The first-order valence-corrected chi connectivity index (χ1v) is 13.8. The van der Waals surface area contributed by atoms with Gasteiger partial charge in [0.25, 0.3) is 11.5 Å². The Bertz CT molecular complexity index is 2010. The van der Waals surface area contributed by atoms with Crippen LogP contribution in [-0.4, -0.2) is 35.0 Å². The van der Waals surface area contributed by atoms with E-state index in [9.17, 15) is 14.0 Å². The summed E-state index contributed by atoms with van der Waals surface area (Å²) >= 11 is 2.43. The number of aromatic nitrogens is 6. The summed E-state index contributed by atoms with van der Waals surface area (Å²) in [5.41, 5.74) is 1.57. The van der Waals surface area contributed by atoms with Crippen LogP contribution in [0.5, 0.6) is 0 Å². The quantitative estimate of drug-likeness (QED) is 0.168. The normalized spacial score (nSPS) is 11.2. The summed E-state index contributed by atoms with van der Waals surface area (Å²) in [7, 11) is 0. The second-order valence-electron chi connectivity index (χ2n) is 8.64. The first kappa shape index (κ1) is 25.5. The van der Waals surface area contributed by atoms with Gasteiger partial charge in [0.2, 0.25) is 5.13 Å². The molecule has 2 N–H and O–H groups in total. The number of anilines is 1. The maximum absolute atomic E-state index is 13.9. The van der Waals surface area contributed by atoms with Crippen LogP contribution in [0, 0.1) is 11.2 Å². The molecule has 13 heteroatoms. The molecule has 6 aromatic rings. The molecule has 0 saturated heterocycles. The Morgan fingerprint density at radius 1 is 1.07 bits per heavy atom. The Kier molecular flexibility index (Phi) is 6.88. The van der Waals surface area contributed by atoms with Gasteiger partial charge in [-0.2, -0.15) is 0 Å². The van der Waals surface area contributed by atoms with E-state index in [2.05, 4.69) is 25.5 Å². The molecule has 10 nitrogen and oxygen atoms in total. The van der Waals surface area contributed by atoms with E-state index >= 15 is 0 Å². The van der Waals surface area contributed by atoms with E-state index < -0.39 is 5.91 Å². The summed E-state index contributed by atoms with van der Waals surface area (Å²) < 4.78 is 17.4. The van der Waals surface area contributed by atoms with Crippen molar-refractivity contribution in [3.63, 3.8) is 0 Å². The number of thioether (sulfide) groups is 1. The molecule has 0 unspecified atom stereocenters. The van der Waals surface area contributed by atoms with Gasteiger partial charge in [-0.15, -0.1) is 10.2 Å². The molecule has 0 aliphatic carbocycles. The molecular formula is C27H19FN8O2S2. The number of rotatable bonds is 7. The molecule has 0 fully saturated rings. The Labute approximate surface area is 233 Å². The van der Waals surface area contributed by atoms with Gasteiger partial charge < -0.3 is 4.57 Å². The lowest BCUT2D eigenvalue weighted by atomic mass is 10.1. The van der Waals surface area contributed by atoms with Crippen molar-refractivity contribution in [2.45, 2.75) is 16.6 Å². The molecule has 0 spiro atoms. The van der Waals surface area contributed by atoms with Crippen LogP contribution in [0.3, 0.4) is 0 Å². The van der Waals surface area contributed by atoms with Crippen LogP contribution in [0.15, 0.2) is 88.4 Å². The number of carbonyl (C=O) groups excluding carboxylic acids is 1. The highest BCUT2D eigenvalue weighted by molar-refractivity contribution is 8.00. The minimum Gasteiger partial charge on any atom is -0.306 e. The van der Waals surface area contributed by atoms with E-state index in [1.165, 1.54) is 32.9 Å². The fraction of sp³-hybridized carbons (Fsp3) is 0.0741. The monoisotopic (exact) mass is 570 g/mol. The third kappa shape index (κ3) is 4.99. The first-order valence-electron chi connectivity index (χ1n) is 12.0. The van der Waals surface area contributed by atoms with Crippen LogP contribution in [0.2, 0.25) is 0 Å². The number of nitrogens with zero attached hydrogens (tertiary/aromatic N) is 6. The van der Waals surface area contributed by atoms with E-state index in [1.54, 1.807) is 67.1 Å². The lowest BCUT2D eigenvalue weighted by Crippen LogP contribution is -2.32. The lowest BCUT2D eigenvalue weighted by molar-refractivity contribution is 0.102. The van der Waals surface area contributed by atoms with Gasteiger partial charge in [0.1, 0.15) is 22.6 Å². The zero-order chi connectivity index (χ0) is 27.6. The van der Waals surface area contributed by atoms with E-state index in [1.807, 2.05) is 0 Å². The smallest absolute Gasteiger partial charge is 0.267 e. The molecule has 198 valence electrons. The van der Waals surface area contributed by atoms with Crippen molar-refractivity contribution in [2.24, 2.45) is 0 Å². The standard InChI is InChI=1S/C27H19FN8O2S2/c28-20-6-2-1-5-17(20)15-39-27-34-33-26(40-27)32-24(37)18-13-19-23(31-21-7-3-4-12-35(21)25(19)38)36(22(18)29)14-16-8-10-30-11-9-16/h1-13,29H,14-15H2,(H,32,33,37). The highest BCUT2D eigenvalue weighted by atomic mass is 32.2. The number of pyridine rings is 3. The predicted octanol–water partition coefficient (Wildman–Crippen LogP) is 4.11. The van der Waals surface area contributed by atoms with Crippen LogP contribution >= 0.6 is 23.1 Å². The van der Waals surface area contributed by atoms with Crippen LogP contribution in [-0.2, 0) is 12.3 Å². The summed E-state index contributed by atoms with van der Waals surface area (Å²) in [4.78, 5) is 35.5. The first-order chi connectivity index (χ1) is 19.5. The SMILES string of the molecule is N=c1c(C(=O)Nc2nnc(SCc3ccccc3F)s2)cc2c(=O)n3ccccc3nc2n1Cc1ccncc1. The minimum atomic E-state index is -0.616. The summed E-state index contributed by atoms with van der Waals surface area (Å²) in [5.74, 6) is -0.559. The van der Waals surface area contributed by atoms with Gasteiger partial charge in [-0.25, -0.2) is 9.37 Å². The summed E-state index contributed by atoms with van der Waals surface area (Å²) in [6.07, 6.45) is 4.87. The van der Waals surface area contributed by atoms with E-state index in [0.717, 1.165) is 16.9 Å². The van der Waals surface area contributed by atoms with Crippen molar-refractivity contribution < 1.29 is 9.18 Å². The second-order valence-corrected chi connectivity index (χ2v) is 10.8. The molecule has 5 aromatic heterocycles. The third-order valence-corrected chi connectivity index (χ3v) is 8.11. The molecule has 5 heterocycles. The zero-order valence-corrected chi connectivity index (χ0v) is 22.2. The van der Waals surface area contributed by atoms with Gasteiger partial charge in [0.05, 0.1) is 17.5 Å². The minimum absolute atomic E-state index is 0.0212. The molecule has 0 aliphatic heterocycles. The van der Waals surface area contributed by atoms with Gasteiger partial charge in [0, 0.05) is 24.3 Å². The van der Waals surface area contributed by atoms with E-state index in [4.69, 9.17) is 5.41 Å². The van der Waals surface area contributed by atoms with Gasteiger partial charge in [0.15, 0.2) is 4.34 Å². The molecule has 1 aromatic carbocycles. The molecule has 0 radical (unpaired) electrons. The van der Waals surface area contributed by atoms with Gasteiger partial charge in [-0.1, -0.05) is 47.4 Å². The van der Waals surface area contributed by atoms with Crippen LogP contribution in [0.25, 0.3) is 16.7 Å². The van der Waals surface area contributed by atoms with Gasteiger partial charge in [-0.05, 0) is 47.5 Å². The van der Waals surface area contributed by atoms with Gasteiger partial charge >= 0.3 is 0 Å². The Hall–Kier alpha value is -4.75. The van der Waals surface area contributed by atoms with E-state index in [-0.39, 0.29) is 45.1 Å². The van der Waals surface area contributed by atoms with Crippen molar-refractivity contribution in [1.29, 1.82) is 5.41 Å². The molecule has 0 saturated carbocycles. The number of amides is 1. The van der Waals surface area contributed by atoms with Gasteiger partial charge in [-0.3, -0.25) is 29.7 Å². The number of carbonyl (C=O) groups is 1. The Morgan fingerprint density at radius 3 is 2.70 bits per heavy atom. The summed E-state index contributed by atoms with van der Waals surface area (Å²) in [6.45, 7) is 0.198. The highest BCUT2D eigenvalue weighted by Crippen LogP contribution is 2.29. The number of hydrogen-bond acceptors (Lipinski definition) is 9. The topological polar surface area (TPSA) is 131 Å². The van der Waals surface area contributed by atoms with Crippen LogP contribution in [0.1, 0.15) is 21.5 Å². The molecule has 1 amide bonds. The van der Waals surface area contributed by atoms with E-state index in [0.29, 0.717) is 21.3 Å². The van der Waals surface area contributed by atoms with Crippen molar-refractivity contribution in [3.05, 3.63) is 118 Å². The molecule has 0 atom stereocenters. The molecule has 0 bridgehead atoms. The number of hydrogen-bond donors (Lipinski definition) is 2. The molecule has 6 rings (SSSR count).